The molecule has 0 amide bonds. The van der Waals surface area contributed by atoms with E-state index in [1.54, 1.807) is 12.1 Å². The number of nitriles is 1. The van der Waals surface area contributed by atoms with Gasteiger partial charge in [-0.15, -0.1) is 0 Å². The minimum absolute atomic E-state index is 0.0639. The second-order valence-corrected chi connectivity index (χ2v) is 4.03. The van der Waals surface area contributed by atoms with Crippen LogP contribution in [0.3, 0.4) is 0 Å². The number of nitrogens with zero attached hydrogens (tertiary/aromatic N) is 2. The monoisotopic (exact) mass is 268 g/mol. The van der Waals surface area contributed by atoms with Crippen molar-refractivity contribution < 1.29 is 4.92 Å². The molecule has 0 aliphatic rings. The molecule has 0 saturated heterocycles. The number of rotatable bonds is 5. The van der Waals surface area contributed by atoms with Gasteiger partial charge in [-0.2, -0.15) is 5.26 Å². The van der Waals surface area contributed by atoms with E-state index in [1.165, 1.54) is 6.07 Å². The van der Waals surface area contributed by atoms with E-state index in [-0.39, 0.29) is 17.8 Å². The molecular formula is C14H12N4O2. The third-order valence-corrected chi connectivity index (χ3v) is 2.71. The van der Waals surface area contributed by atoms with Gasteiger partial charge in [-0.25, -0.2) is 5.43 Å². The van der Waals surface area contributed by atoms with Gasteiger partial charge in [0.15, 0.2) is 0 Å². The first-order valence-corrected chi connectivity index (χ1v) is 5.92. The molecule has 2 aromatic carbocycles. The van der Waals surface area contributed by atoms with E-state index in [0.717, 1.165) is 5.69 Å². The van der Waals surface area contributed by atoms with Crippen LogP contribution in [0.1, 0.15) is 11.1 Å². The fourth-order valence-corrected chi connectivity index (χ4v) is 1.80. The lowest BCUT2D eigenvalue weighted by Gasteiger charge is -2.09. The quantitative estimate of drug-likeness (QED) is 0.642. The van der Waals surface area contributed by atoms with Crippen LogP contribution in [0.15, 0.2) is 48.5 Å². The Kier molecular flexibility index (Phi) is 4.27. The predicted octanol–water partition coefficient (Wildman–Crippen LogP) is 2.58. The summed E-state index contributed by atoms with van der Waals surface area (Å²) in [5, 5.41) is 19.9. The maximum absolute atomic E-state index is 11.0. The second-order valence-electron chi connectivity index (χ2n) is 4.03. The molecule has 0 heterocycles. The molecule has 0 radical (unpaired) electrons. The van der Waals surface area contributed by atoms with Crippen LogP contribution in [-0.2, 0) is 6.54 Å². The van der Waals surface area contributed by atoms with E-state index < -0.39 is 4.92 Å². The maximum Gasteiger partial charge on any atom is 0.291 e. The fourth-order valence-electron chi connectivity index (χ4n) is 1.80. The van der Waals surface area contributed by atoms with Crippen molar-refractivity contribution >= 4 is 11.4 Å². The molecule has 0 saturated carbocycles. The molecule has 2 N–H and O–H groups in total. The first kappa shape index (κ1) is 13.5. The van der Waals surface area contributed by atoms with Gasteiger partial charge in [0.2, 0.25) is 0 Å². The summed E-state index contributed by atoms with van der Waals surface area (Å²) in [6.45, 7) is 0.237. The smallest absolute Gasteiger partial charge is 0.291 e. The van der Waals surface area contributed by atoms with Crippen molar-refractivity contribution in [3.8, 4) is 6.07 Å². The highest BCUT2D eigenvalue weighted by Crippen LogP contribution is 2.22. The van der Waals surface area contributed by atoms with Gasteiger partial charge >= 0.3 is 0 Å². The van der Waals surface area contributed by atoms with Gasteiger partial charge in [0.25, 0.3) is 5.69 Å². The van der Waals surface area contributed by atoms with E-state index in [0.29, 0.717) is 5.56 Å². The van der Waals surface area contributed by atoms with Gasteiger partial charge in [-0.3, -0.25) is 10.1 Å². The Bertz CT molecular complexity index is 650. The Morgan fingerprint density at radius 2 is 1.90 bits per heavy atom. The average molecular weight is 268 g/mol. The zero-order valence-electron chi connectivity index (χ0n) is 10.5. The number of nitro groups is 1. The number of para-hydroxylation sites is 2. The number of nitro benzene ring substituents is 1. The summed E-state index contributed by atoms with van der Waals surface area (Å²) in [6, 6.07) is 15.9. The number of hydrogen-bond acceptors (Lipinski definition) is 5. The predicted molar refractivity (Wildman–Crippen MR) is 74.7 cm³/mol. The molecule has 2 rings (SSSR count). The second kappa shape index (κ2) is 6.31. The molecule has 0 bridgehead atoms. The summed E-state index contributed by atoms with van der Waals surface area (Å²) in [4.78, 5) is 10.5. The zero-order valence-corrected chi connectivity index (χ0v) is 10.5. The average Bonchev–Trinajstić information content (AvgIpc) is 2.47. The normalized spacial score (nSPS) is 9.75. The highest BCUT2D eigenvalue weighted by atomic mass is 16.6. The first-order chi connectivity index (χ1) is 9.72. The van der Waals surface area contributed by atoms with Crippen LogP contribution in [0.25, 0.3) is 0 Å². The van der Waals surface area contributed by atoms with Crippen molar-refractivity contribution in [2.45, 2.75) is 6.54 Å². The molecular weight excluding hydrogens is 256 g/mol. The van der Waals surface area contributed by atoms with Crippen molar-refractivity contribution in [1.29, 1.82) is 5.26 Å². The van der Waals surface area contributed by atoms with Crippen LogP contribution in [0.4, 0.5) is 11.4 Å². The minimum atomic E-state index is -0.530. The molecule has 100 valence electrons. The summed E-state index contributed by atoms with van der Waals surface area (Å²) < 4.78 is 0. The Labute approximate surface area is 115 Å². The van der Waals surface area contributed by atoms with E-state index in [2.05, 4.69) is 10.9 Å². The standard InChI is InChI=1S/C14H12N4O2/c15-9-11-5-4-6-12(14(11)18(19)20)10-16-17-13-7-2-1-3-8-13/h1-8,16-17H,10H2. The van der Waals surface area contributed by atoms with Crippen molar-refractivity contribution in [3.05, 3.63) is 69.8 Å². The Balaban J connectivity index is 2.10. The Morgan fingerprint density at radius 1 is 1.15 bits per heavy atom. The van der Waals surface area contributed by atoms with E-state index in [1.807, 2.05) is 36.4 Å². The van der Waals surface area contributed by atoms with Gasteiger partial charge < -0.3 is 5.43 Å². The van der Waals surface area contributed by atoms with Gasteiger partial charge in [0, 0.05) is 17.8 Å². The highest BCUT2D eigenvalue weighted by Gasteiger charge is 2.18. The summed E-state index contributed by atoms with van der Waals surface area (Å²) in [7, 11) is 0. The molecule has 0 unspecified atom stereocenters. The van der Waals surface area contributed by atoms with Gasteiger partial charge in [-0.1, -0.05) is 30.3 Å². The summed E-state index contributed by atoms with van der Waals surface area (Å²) in [5.74, 6) is 0. The van der Waals surface area contributed by atoms with E-state index >= 15 is 0 Å². The van der Waals surface area contributed by atoms with Crippen LogP contribution >= 0.6 is 0 Å². The molecule has 0 spiro atoms. The van der Waals surface area contributed by atoms with E-state index in [4.69, 9.17) is 5.26 Å². The molecule has 20 heavy (non-hydrogen) atoms. The number of hydrazine groups is 1. The van der Waals surface area contributed by atoms with Crippen molar-refractivity contribution in [1.82, 2.24) is 5.43 Å². The first-order valence-electron chi connectivity index (χ1n) is 5.92. The molecule has 0 aliphatic carbocycles. The third kappa shape index (κ3) is 3.10. The molecule has 0 fully saturated rings. The Hall–Kier alpha value is -2.91. The molecule has 6 heteroatoms. The van der Waals surface area contributed by atoms with Crippen LogP contribution in [0.2, 0.25) is 0 Å². The molecule has 0 aromatic heterocycles. The zero-order chi connectivity index (χ0) is 14.4. The lowest BCUT2D eigenvalue weighted by Crippen LogP contribution is -2.21. The summed E-state index contributed by atoms with van der Waals surface area (Å²) >= 11 is 0. The lowest BCUT2D eigenvalue weighted by molar-refractivity contribution is -0.385. The van der Waals surface area contributed by atoms with Crippen LogP contribution in [0.5, 0.6) is 0 Å². The van der Waals surface area contributed by atoms with E-state index in [9.17, 15) is 10.1 Å². The largest absolute Gasteiger partial charge is 0.321 e. The van der Waals surface area contributed by atoms with Crippen molar-refractivity contribution in [3.63, 3.8) is 0 Å². The SMILES string of the molecule is N#Cc1cccc(CNNc2ccccc2)c1[N+](=O)[O-]. The highest BCUT2D eigenvalue weighted by molar-refractivity contribution is 5.54. The number of hydrogen-bond donors (Lipinski definition) is 2. The molecule has 6 nitrogen and oxygen atoms in total. The Morgan fingerprint density at radius 3 is 2.55 bits per heavy atom. The topological polar surface area (TPSA) is 91.0 Å². The van der Waals surface area contributed by atoms with Crippen molar-refractivity contribution in [2.24, 2.45) is 0 Å². The number of benzene rings is 2. The van der Waals surface area contributed by atoms with Gasteiger partial charge in [-0.05, 0) is 18.2 Å². The third-order valence-electron chi connectivity index (χ3n) is 2.71. The maximum atomic E-state index is 11.0. The summed E-state index contributed by atoms with van der Waals surface area (Å²) in [6.07, 6.45) is 0. The number of nitrogens with one attached hydrogen (secondary N) is 2. The van der Waals surface area contributed by atoms with Gasteiger partial charge in [0.1, 0.15) is 11.6 Å². The van der Waals surface area contributed by atoms with Crippen molar-refractivity contribution in [2.75, 3.05) is 5.43 Å². The van der Waals surface area contributed by atoms with Crippen LogP contribution < -0.4 is 10.9 Å². The molecule has 2 aromatic rings. The van der Waals surface area contributed by atoms with Crippen LogP contribution in [-0.4, -0.2) is 4.92 Å². The lowest BCUT2D eigenvalue weighted by atomic mass is 10.1. The fraction of sp³-hybridized carbons (Fsp3) is 0.0714. The summed E-state index contributed by atoms with van der Waals surface area (Å²) in [5.41, 5.74) is 7.06. The minimum Gasteiger partial charge on any atom is -0.321 e. The molecule has 0 atom stereocenters. The van der Waals surface area contributed by atoms with Gasteiger partial charge in [0.05, 0.1) is 4.92 Å². The molecule has 0 aliphatic heterocycles. The van der Waals surface area contributed by atoms with Crippen LogP contribution in [0, 0.1) is 21.4 Å². The number of anilines is 1.